The molecule has 1 N–H and O–H groups in total. The monoisotopic (exact) mass is 320 g/mol. The molecule has 3 rings (SSSR count). The topological polar surface area (TPSA) is 60.0 Å². The zero-order valence-corrected chi connectivity index (χ0v) is 12.0. The fourth-order valence-corrected chi connectivity index (χ4v) is 2.27. The summed E-state index contributed by atoms with van der Waals surface area (Å²) in [7, 11) is 1.91. The number of nitrogens with zero attached hydrogens (tertiary/aromatic N) is 5. The Labute approximate surface area is 118 Å². The number of aromatic nitrogens is 5. The second-order valence-corrected chi connectivity index (χ2v) is 5.07. The van der Waals surface area contributed by atoms with E-state index in [-0.39, 0.29) is 0 Å². The van der Waals surface area contributed by atoms with Crippen molar-refractivity contribution in [1.29, 1.82) is 0 Å². The van der Waals surface area contributed by atoms with E-state index in [0.29, 0.717) is 5.95 Å². The van der Waals surface area contributed by atoms with Gasteiger partial charge >= 0.3 is 0 Å². The number of nitrogens with one attached hydrogen (secondary N) is 1. The van der Waals surface area contributed by atoms with Crippen LogP contribution in [0, 0.1) is 0 Å². The summed E-state index contributed by atoms with van der Waals surface area (Å²) in [5.74, 6) is 0.628. The summed E-state index contributed by atoms with van der Waals surface area (Å²) in [6, 6.07) is 5.88. The highest BCUT2D eigenvalue weighted by Crippen LogP contribution is 2.16. The number of anilines is 1. The SMILES string of the molecule is Cn1ccc(CCNc2nc3c(Br)cccn3n2)n1. The van der Waals surface area contributed by atoms with Crippen LogP contribution in [0.5, 0.6) is 0 Å². The third-order valence-corrected chi connectivity index (χ3v) is 3.37. The molecule has 7 heteroatoms. The van der Waals surface area contributed by atoms with Crippen LogP contribution in [0.3, 0.4) is 0 Å². The third-order valence-electron chi connectivity index (χ3n) is 2.75. The molecule has 0 aromatic carbocycles. The van der Waals surface area contributed by atoms with Crippen LogP contribution in [-0.2, 0) is 13.5 Å². The Morgan fingerprint density at radius 1 is 1.26 bits per heavy atom. The molecule has 0 aliphatic heterocycles. The number of aryl methyl sites for hydroxylation is 1. The molecule has 0 aliphatic carbocycles. The minimum Gasteiger partial charge on any atom is -0.353 e. The lowest BCUT2D eigenvalue weighted by atomic mass is 10.3. The van der Waals surface area contributed by atoms with Crippen LogP contribution in [0.25, 0.3) is 5.65 Å². The Morgan fingerprint density at radius 3 is 2.89 bits per heavy atom. The molecule has 19 heavy (non-hydrogen) atoms. The zero-order valence-electron chi connectivity index (χ0n) is 10.4. The molecule has 3 aromatic rings. The second kappa shape index (κ2) is 5.00. The molecular formula is C12H13BrN6. The summed E-state index contributed by atoms with van der Waals surface area (Å²) in [5.41, 5.74) is 1.86. The van der Waals surface area contributed by atoms with Gasteiger partial charge in [-0.25, -0.2) is 4.52 Å². The van der Waals surface area contributed by atoms with Crippen LogP contribution < -0.4 is 5.32 Å². The second-order valence-electron chi connectivity index (χ2n) is 4.22. The molecule has 3 heterocycles. The van der Waals surface area contributed by atoms with Gasteiger partial charge in [-0.3, -0.25) is 4.68 Å². The quantitative estimate of drug-likeness (QED) is 0.797. The maximum atomic E-state index is 4.42. The molecule has 0 amide bonds. The van der Waals surface area contributed by atoms with Crippen LogP contribution in [0.2, 0.25) is 0 Å². The van der Waals surface area contributed by atoms with E-state index in [1.165, 1.54) is 0 Å². The summed E-state index contributed by atoms with van der Waals surface area (Å²) in [5, 5.41) is 11.9. The van der Waals surface area contributed by atoms with E-state index in [2.05, 4.69) is 36.4 Å². The van der Waals surface area contributed by atoms with E-state index < -0.39 is 0 Å². The molecule has 3 aromatic heterocycles. The molecule has 0 saturated heterocycles. The predicted octanol–water partition coefficient (Wildman–Crippen LogP) is 1.88. The summed E-state index contributed by atoms with van der Waals surface area (Å²) in [6.45, 7) is 0.755. The van der Waals surface area contributed by atoms with Gasteiger partial charge in [0, 0.05) is 32.4 Å². The molecule has 0 unspecified atom stereocenters. The van der Waals surface area contributed by atoms with E-state index in [0.717, 1.165) is 28.8 Å². The van der Waals surface area contributed by atoms with Gasteiger partial charge in [-0.15, -0.1) is 5.10 Å². The van der Waals surface area contributed by atoms with Crippen molar-refractivity contribution in [2.75, 3.05) is 11.9 Å². The van der Waals surface area contributed by atoms with Gasteiger partial charge in [0.2, 0.25) is 5.95 Å². The fourth-order valence-electron chi connectivity index (χ4n) is 1.85. The minimum absolute atomic E-state index is 0.628. The largest absolute Gasteiger partial charge is 0.353 e. The lowest BCUT2D eigenvalue weighted by Gasteiger charge is -1.98. The average molecular weight is 321 g/mol. The van der Waals surface area contributed by atoms with E-state index >= 15 is 0 Å². The number of hydrogen-bond donors (Lipinski definition) is 1. The van der Waals surface area contributed by atoms with Crippen molar-refractivity contribution in [3.05, 3.63) is 40.8 Å². The van der Waals surface area contributed by atoms with Crippen molar-refractivity contribution in [2.24, 2.45) is 7.05 Å². The van der Waals surface area contributed by atoms with E-state index in [1.807, 2.05) is 37.6 Å². The standard InChI is InChI=1S/C12H13BrN6/c1-18-8-5-9(16-18)4-6-14-12-15-11-10(13)3-2-7-19(11)17-12/h2-3,5,7-8H,4,6H2,1H3,(H,14,17). The van der Waals surface area contributed by atoms with Crippen molar-refractivity contribution < 1.29 is 0 Å². The molecular weight excluding hydrogens is 308 g/mol. The first-order valence-electron chi connectivity index (χ1n) is 5.96. The van der Waals surface area contributed by atoms with Crippen molar-refractivity contribution >= 4 is 27.5 Å². The third kappa shape index (κ3) is 2.60. The zero-order chi connectivity index (χ0) is 13.2. The van der Waals surface area contributed by atoms with Crippen LogP contribution in [-0.4, -0.2) is 30.9 Å². The molecule has 6 nitrogen and oxygen atoms in total. The van der Waals surface area contributed by atoms with E-state index in [1.54, 1.807) is 9.20 Å². The Bertz CT molecular complexity index is 701. The molecule has 0 radical (unpaired) electrons. The first-order valence-corrected chi connectivity index (χ1v) is 6.75. The van der Waals surface area contributed by atoms with E-state index in [9.17, 15) is 0 Å². The molecule has 0 aliphatic rings. The summed E-state index contributed by atoms with van der Waals surface area (Å²) >= 11 is 3.45. The van der Waals surface area contributed by atoms with Gasteiger partial charge < -0.3 is 5.32 Å². The highest BCUT2D eigenvalue weighted by molar-refractivity contribution is 9.10. The van der Waals surface area contributed by atoms with Gasteiger partial charge in [-0.1, -0.05) is 0 Å². The Hall–Kier alpha value is -1.89. The first-order chi connectivity index (χ1) is 9.22. The van der Waals surface area contributed by atoms with Crippen molar-refractivity contribution in [1.82, 2.24) is 24.4 Å². The van der Waals surface area contributed by atoms with Gasteiger partial charge in [0.25, 0.3) is 0 Å². The predicted molar refractivity (Wildman–Crippen MR) is 76.1 cm³/mol. The van der Waals surface area contributed by atoms with E-state index in [4.69, 9.17) is 0 Å². The number of fused-ring (bicyclic) bond motifs is 1. The normalized spacial score (nSPS) is 11.1. The lowest BCUT2D eigenvalue weighted by molar-refractivity contribution is 0.741. The van der Waals surface area contributed by atoms with Gasteiger partial charge in [-0.2, -0.15) is 10.1 Å². The summed E-state index contributed by atoms with van der Waals surface area (Å²) < 4.78 is 4.48. The number of halogens is 1. The number of rotatable bonds is 4. The van der Waals surface area contributed by atoms with Gasteiger partial charge in [0.1, 0.15) is 0 Å². The van der Waals surface area contributed by atoms with Gasteiger partial charge in [0.05, 0.1) is 10.2 Å². The van der Waals surface area contributed by atoms with Crippen molar-refractivity contribution in [3.63, 3.8) is 0 Å². The Morgan fingerprint density at radius 2 is 2.16 bits per heavy atom. The molecule has 0 fully saturated rings. The van der Waals surface area contributed by atoms with Gasteiger partial charge in [0.15, 0.2) is 5.65 Å². The van der Waals surface area contributed by atoms with Crippen molar-refractivity contribution in [2.45, 2.75) is 6.42 Å². The lowest BCUT2D eigenvalue weighted by Crippen LogP contribution is -2.07. The fraction of sp³-hybridized carbons (Fsp3) is 0.250. The highest BCUT2D eigenvalue weighted by Gasteiger charge is 2.05. The minimum atomic E-state index is 0.628. The van der Waals surface area contributed by atoms with Gasteiger partial charge in [-0.05, 0) is 34.1 Å². The first kappa shape index (κ1) is 12.2. The van der Waals surface area contributed by atoms with Crippen LogP contribution in [0.1, 0.15) is 5.69 Å². The maximum Gasteiger partial charge on any atom is 0.243 e. The number of pyridine rings is 1. The molecule has 0 saturated carbocycles. The smallest absolute Gasteiger partial charge is 0.243 e. The summed E-state index contributed by atoms with van der Waals surface area (Å²) in [6.07, 6.45) is 4.66. The Balaban J connectivity index is 1.67. The number of hydrogen-bond acceptors (Lipinski definition) is 4. The Kier molecular flexibility index (Phi) is 3.20. The van der Waals surface area contributed by atoms with Crippen LogP contribution >= 0.6 is 15.9 Å². The van der Waals surface area contributed by atoms with Crippen LogP contribution in [0.15, 0.2) is 35.1 Å². The summed E-state index contributed by atoms with van der Waals surface area (Å²) in [4.78, 5) is 4.42. The molecule has 0 atom stereocenters. The van der Waals surface area contributed by atoms with Crippen LogP contribution in [0.4, 0.5) is 5.95 Å². The molecule has 0 spiro atoms. The molecule has 0 bridgehead atoms. The van der Waals surface area contributed by atoms with Crippen molar-refractivity contribution in [3.8, 4) is 0 Å². The highest BCUT2D eigenvalue weighted by atomic mass is 79.9. The molecule has 98 valence electrons. The maximum absolute atomic E-state index is 4.42. The average Bonchev–Trinajstić information content (AvgIpc) is 2.97.